The first-order valence-corrected chi connectivity index (χ1v) is 3.14. The molecular formula is C5H9BF3KO2. The van der Waals surface area contributed by atoms with E-state index in [1.165, 1.54) is 0 Å². The molecule has 0 rings (SSSR count). The third-order valence-electron chi connectivity index (χ3n) is 1.36. The molecule has 0 fully saturated rings. The Kier molecular flexibility index (Phi) is 8.26. The second-order valence-electron chi connectivity index (χ2n) is 2.38. The monoisotopic (exact) mass is 208 g/mol. The molecule has 66 valence electrons. The van der Waals surface area contributed by atoms with Crippen LogP contribution in [-0.2, 0) is 9.53 Å². The molecule has 0 N–H and O–H groups in total. The van der Waals surface area contributed by atoms with Gasteiger partial charge in [0.2, 0.25) is 0 Å². The largest absolute Gasteiger partial charge is 1.00 e. The Morgan fingerprint density at radius 3 is 2.17 bits per heavy atom. The van der Waals surface area contributed by atoms with Crippen molar-refractivity contribution in [3.05, 3.63) is 0 Å². The van der Waals surface area contributed by atoms with Crippen LogP contribution in [-0.4, -0.2) is 20.1 Å². The number of hydrogen-bond acceptors (Lipinski definition) is 2. The van der Waals surface area contributed by atoms with Crippen molar-refractivity contribution in [1.29, 1.82) is 0 Å². The van der Waals surface area contributed by atoms with Gasteiger partial charge >= 0.3 is 64.3 Å². The first-order valence-electron chi connectivity index (χ1n) is 3.14. The summed E-state index contributed by atoms with van der Waals surface area (Å²) < 4.78 is 39.5. The van der Waals surface area contributed by atoms with Crippen molar-refractivity contribution in [2.75, 3.05) is 7.11 Å². The van der Waals surface area contributed by atoms with Crippen LogP contribution in [0.1, 0.15) is 13.3 Å². The minimum Gasteiger partial charge on any atom is -0.469 e. The van der Waals surface area contributed by atoms with E-state index in [1.807, 2.05) is 0 Å². The van der Waals surface area contributed by atoms with Crippen LogP contribution in [0.15, 0.2) is 0 Å². The third-order valence-corrected chi connectivity index (χ3v) is 1.36. The Morgan fingerprint density at radius 1 is 1.50 bits per heavy atom. The van der Waals surface area contributed by atoms with Crippen LogP contribution in [0.5, 0.6) is 0 Å². The number of esters is 1. The van der Waals surface area contributed by atoms with Crippen LogP contribution >= 0.6 is 0 Å². The average Bonchev–Trinajstić information content (AvgIpc) is 1.85. The van der Waals surface area contributed by atoms with Gasteiger partial charge in [0, 0.05) is 6.42 Å². The van der Waals surface area contributed by atoms with Crippen LogP contribution in [0.3, 0.4) is 0 Å². The molecule has 0 aromatic carbocycles. The summed E-state index contributed by atoms with van der Waals surface area (Å²) in [7, 11) is 1.07. The van der Waals surface area contributed by atoms with Gasteiger partial charge in [-0.15, -0.1) is 0 Å². The molecule has 0 aliphatic rings. The van der Waals surface area contributed by atoms with E-state index < -0.39 is 25.2 Å². The zero-order valence-corrected chi connectivity index (χ0v) is 10.4. The van der Waals surface area contributed by atoms with Crippen LogP contribution in [0.2, 0.25) is 5.82 Å². The zero-order chi connectivity index (χ0) is 9.07. The first-order chi connectivity index (χ1) is 4.88. The minimum absolute atomic E-state index is 0. The van der Waals surface area contributed by atoms with Crippen molar-refractivity contribution in [3.8, 4) is 0 Å². The molecule has 1 unspecified atom stereocenters. The second-order valence-corrected chi connectivity index (χ2v) is 2.38. The van der Waals surface area contributed by atoms with E-state index in [1.54, 1.807) is 0 Å². The molecule has 1 atom stereocenters. The standard InChI is InChI=1S/C5H9BF3O2.K/c1-4(6(7,8)9)3-5(10)11-2;/h4H,3H2,1-2H3;/q-1;+1. The van der Waals surface area contributed by atoms with Crippen LogP contribution in [0.4, 0.5) is 12.9 Å². The maximum Gasteiger partial charge on any atom is 1.00 e. The molecule has 0 aliphatic carbocycles. The quantitative estimate of drug-likeness (QED) is 0.429. The number of carbonyl (C=O) groups is 1. The molecule has 0 saturated heterocycles. The van der Waals surface area contributed by atoms with Crippen LogP contribution < -0.4 is 51.4 Å². The van der Waals surface area contributed by atoms with E-state index in [0.29, 0.717) is 0 Å². The Hall–Kier alpha value is 0.961. The summed E-state index contributed by atoms with van der Waals surface area (Å²) in [6.45, 7) is -3.94. The van der Waals surface area contributed by atoms with Gasteiger partial charge in [-0.1, -0.05) is 12.7 Å². The van der Waals surface area contributed by atoms with Gasteiger partial charge in [0.15, 0.2) is 0 Å². The van der Waals surface area contributed by atoms with Gasteiger partial charge in [-0.3, -0.25) is 4.79 Å². The maximum atomic E-state index is 11.8. The van der Waals surface area contributed by atoms with Crippen molar-refractivity contribution >= 4 is 12.9 Å². The summed E-state index contributed by atoms with van der Waals surface area (Å²) in [5.41, 5.74) is 0. The Bertz CT molecular complexity index is 150. The van der Waals surface area contributed by atoms with E-state index in [-0.39, 0.29) is 51.4 Å². The molecule has 12 heavy (non-hydrogen) atoms. The normalized spacial score (nSPS) is 13.1. The van der Waals surface area contributed by atoms with Crippen LogP contribution in [0.25, 0.3) is 0 Å². The van der Waals surface area contributed by atoms with Crippen molar-refractivity contribution in [2.45, 2.75) is 19.2 Å². The SMILES string of the molecule is COC(=O)CC(C)[B-](F)(F)F.[K+]. The third kappa shape index (κ3) is 6.47. The summed E-state index contributed by atoms with van der Waals surface area (Å²) in [6.07, 6.45) is -0.583. The van der Waals surface area contributed by atoms with Crippen LogP contribution in [0, 0.1) is 0 Å². The van der Waals surface area contributed by atoms with Gasteiger partial charge in [0.25, 0.3) is 0 Å². The Balaban J connectivity index is 0. The van der Waals surface area contributed by atoms with Crippen molar-refractivity contribution in [1.82, 2.24) is 0 Å². The maximum absolute atomic E-state index is 11.8. The fraction of sp³-hybridized carbons (Fsp3) is 0.800. The summed E-state index contributed by atoms with van der Waals surface area (Å²) in [5, 5.41) is 0. The average molecular weight is 208 g/mol. The van der Waals surface area contributed by atoms with Crippen molar-refractivity contribution in [3.63, 3.8) is 0 Å². The Labute approximate surface area is 112 Å². The predicted molar refractivity (Wildman–Crippen MR) is 35.1 cm³/mol. The van der Waals surface area contributed by atoms with Gasteiger partial charge in [-0.05, 0) is 0 Å². The number of carbonyl (C=O) groups excluding carboxylic acids is 1. The molecule has 0 bridgehead atoms. The molecule has 0 aromatic rings. The fourth-order valence-electron chi connectivity index (χ4n) is 0.480. The van der Waals surface area contributed by atoms with Gasteiger partial charge in [0.1, 0.15) is 0 Å². The molecule has 0 aromatic heterocycles. The number of methoxy groups -OCH3 is 1. The summed E-state index contributed by atoms with van der Waals surface area (Å²) in [4.78, 5) is 10.4. The number of rotatable bonds is 3. The molecule has 0 aliphatic heterocycles. The molecule has 2 nitrogen and oxygen atoms in total. The first kappa shape index (κ1) is 15.4. The fourth-order valence-corrected chi connectivity index (χ4v) is 0.480. The van der Waals surface area contributed by atoms with Crippen molar-refractivity contribution in [2.24, 2.45) is 0 Å². The molecule has 0 amide bonds. The van der Waals surface area contributed by atoms with E-state index in [9.17, 15) is 17.7 Å². The smallest absolute Gasteiger partial charge is 0.469 e. The van der Waals surface area contributed by atoms with Gasteiger partial charge in [0.05, 0.1) is 7.11 Å². The van der Waals surface area contributed by atoms with Gasteiger partial charge < -0.3 is 17.7 Å². The molecule has 0 radical (unpaired) electrons. The van der Waals surface area contributed by atoms with E-state index in [0.717, 1.165) is 14.0 Å². The summed E-state index contributed by atoms with van der Waals surface area (Å²) in [6, 6.07) is 0. The number of halogens is 3. The van der Waals surface area contributed by atoms with E-state index in [2.05, 4.69) is 4.74 Å². The molecule has 7 heteroatoms. The summed E-state index contributed by atoms with van der Waals surface area (Å²) in [5.74, 6) is -2.39. The summed E-state index contributed by atoms with van der Waals surface area (Å²) >= 11 is 0. The molecule has 0 spiro atoms. The van der Waals surface area contributed by atoms with Crippen molar-refractivity contribution < 1.29 is 73.9 Å². The molecule has 0 saturated carbocycles. The molecular weight excluding hydrogens is 199 g/mol. The molecule has 0 heterocycles. The number of hydrogen-bond donors (Lipinski definition) is 0. The van der Waals surface area contributed by atoms with Gasteiger partial charge in [-0.2, -0.15) is 0 Å². The Morgan fingerprint density at radius 2 is 1.92 bits per heavy atom. The van der Waals surface area contributed by atoms with E-state index in [4.69, 9.17) is 0 Å². The zero-order valence-electron chi connectivity index (χ0n) is 7.31. The van der Waals surface area contributed by atoms with E-state index >= 15 is 0 Å². The topological polar surface area (TPSA) is 26.3 Å². The number of ether oxygens (including phenoxy) is 1. The predicted octanol–water partition coefficient (Wildman–Crippen LogP) is -1.21. The van der Waals surface area contributed by atoms with Gasteiger partial charge in [-0.25, -0.2) is 0 Å². The minimum atomic E-state index is -4.91. The second kappa shape index (κ2) is 6.42.